The third-order valence-electron chi connectivity index (χ3n) is 9.50. The van der Waals surface area contributed by atoms with E-state index < -0.39 is 29.1 Å². The third-order valence-corrected chi connectivity index (χ3v) is 9.75. The Labute approximate surface area is 229 Å². The van der Waals surface area contributed by atoms with Gasteiger partial charge in [-0.05, 0) is 50.3 Å². The number of benzene rings is 1. The molecule has 4 fully saturated rings. The van der Waals surface area contributed by atoms with Crippen LogP contribution in [0, 0.1) is 11.8 Å². The van der Waals surface area contributed by atoms with E-state index in [0.717, 1.165) is 56.9 Å². The van der Waals surface area contributed by atoms with Gasteiger partial charge in [0.25, 0.3) is 0 Å². The lowest BCUT2D eigenvalue weighted by molar-refractivity contribution is -0.146. The number of fused-ring (bicyclic) bond motifs is 1. The molecule has 5 atom stereocenters. The minimum absolute atomic E-state index is 0.0998. The number of carbonyl (C=O) groups is 3. The molecule has 0 aromatic heterocycles. The van der Waals surface area contributed by atoms with Crippen molar-refractivity contribution in [3.8, 4) is 0 Å². The zero-order valence-corrected chi connectivity index (χ0v) is 22.8. The molecule has 204 valence electrons. The summed E-state index contributed by atoms with van der Waals surface area (Å²) in [7, 11) is 0. The van der Waals surface area contributed by atoms with E-state index in [9.17, 15) is 14.4 Å². The Kier molecular flexibility index (Phi) is 6.79. The van der Waals surface area contributed by atoms with Crippen LogP contribution >= 0.6 is 11.6 Å². The van der Waals surface area contributed by atoms with Gasteiger partial charge in [-0.2, -0.15) is 0 Å². The minimum Gasteiger partial charge on any atom is -0.356 e. The van der Waals surface area contributed by atoms with E-state index in [2.05, 4.69) is 10.6 Å². The fraction of sp³-hybridized carbons (Fsp3) is 0.633. The highest BCUT2D eigenvalue weighted by molar-refractivity contribution is 6.30. The highest BCUT2D eigenvalue weighted by Crippen LogP contribution is 2.60. The Morgan fingerprint density at radius 3 is 2.11 bits per heavy atom. The van der Waals surface area contributed by atoms with Crippen LogP contribution in [0.15, 0.2) is 36.4 Å². The molecule has 2 aliphatic carbocycles. The van der Waals surface area contributed by atoms with Crippen molar-refractivity contribution in [2.75, 3.05) is 0 Å². The van der Waals surface area contributed by atoms with E-state index in [-0.39, 0.29) is 36.3 Å². The second-order valence-electron chi connectivity index (χ2n) is 12.1. The second kappa shape index (κ2) is 9.98. The summed E-state index contributed by atoms with van der Waals surface area (Å²) in [5.41, 5.74) is -1.21. The molecule has 38 heavy (non-hydrogen) atoms. The first-order valence-corrected chi connectivity index (χ1v) is 14.7. The van der Waals surface area contributed by atoms with Crippen LogP contribution in [0.25, 0.3) is 0 Å². The summed E-state index contributed by atoms with van der Waals surface area (Å²) >= 11 is 6.10. The van der Waals surface area contributed by atoms with Gasteiger partial charge in [0.15, 0.2) is 0 Å². The number of hydrogen-bond donors (Lipinski definition) is 2. The van der Waals surface area contributed by atoms with Crippen LogP contribution < -0.4 is 10.6 Å². The number of likely N-dealkylation sites (tertiary alicyclic amines) is 1. The molecule has 1 aromatic rings. The normalized spacial score (nSPS) is 34.9. The van der Waals surface area contributed by atoms with Crippen molar-refractivity contribution in [3.05, 3.63) is 47.0 Å². The SMILES string of the molecule is C[C@@]12C=C[C@@]3(O1)[C@H](C(=O)N(Cc1ccc(Cl)cc1)[C@H]3C(=O)NC1CCCCC1)[C@@H]2C(=O)NC1CCCCC1. The van der Waals surface area contributed by atoms with Gasteiger partial charge in [0.05, 0.1) is 17.4 Å². The van der Waals surface area contributed by atoms with E-state index in [1.165, 1.54) is 12.8 Å². The summed E-state index contributed by atoms with van der Waals surface area (Å²) < 4.78 is 6.66. The molecule has 6 rings (SSSR count). The van der Waals surface area contributed by atoms with Gasteiger partial charge in [-0.25, -0.2) is 0 Å². The van der Waals surface area contributed by atoms with Crippen molar-refractivity contribution < 1.29 is 19.1 Å². The summed E-state index contributed by atoms with van der Waals surface area (Å²) in [6.07, 6.45) is 14.4. The van der Waals surface area contributed by atoms with Gasteiger partial charge < -0.3 is 20.3 Å². The number of rotatable bonds is 6. The number of ether oxygens (including phenoxy) is 1. The van der Waals surface area contributed by atoms with Gasteiger partial charge in [0.1, 0.15) is 11.6 Å². The number of nitrogens with zero attached hydrogens (tertiary/aromatic N) is 1. The lowest BCUT2D eigenvalue weighted by atomic mass is 9.70. The molecule has 7 nitrogen and oxygen atoms in total. The lowest BCUT2D eigenvalue weighted by Crippen LogP contribution is -2.56. The third kappa shape index (κ3) is 4.36. The first-order valence-electron chi connectivity index (χ1n) is 14.4. The smallest absolute Gasteiger partial charge is 0.246 e. The quantitative estimate of drug-likeness (QED) is 0.528. The van der Waals surface area contributed by atoms with Crippen molar-refractivity contribution in [1.29, 1.82) is 0 Å². The molecule has 2 bridgehead atoms. The van der Waals surface area contributed by atoms with Crippen LogP contribution in [0.1, 0.15) is 76.7 Å². The minimum atomic E-state index is -1.16. The molecule has 2 saturated carbocycles. The van der Waals surface area contributed by atoms with Crippen molar-refractivity contribution in [1.82, 2.24) is 15.5 Å². The Balaban J connectivity index is 1.33. The maximum Gasteiger partial charge on any atom is 0.246 e. The zero-order chi connectivity index (χ0) is 26.5. The molecule has 3 amide bonds. The fourth-order valence-corrected chi connectivity index (χ4v) is 7.78. The Morgan fingerprint density at radius 1 is 0.921 bits per heavy atom. The number of nitrogens with one attached hydrogen (secondary N) is 2. The van der Waals surface area contributed by atoms with E-state index in [1.54, 1.807) is 17.0 Å². The number of carbonyl (C=O) groups excluding carboxylic acids is 3. The monoisotopic (exact) mass is 539 g/mol. The Hall–Kier alpha value is -2.38. The zero-order valence-electron chi connectivity index (χ0n) is 22.1. The number of hydrogen-bond acceptors (Lipinski definition) is 4. The van der Waals surface area contributed by atoms with E-state index in [4.69, 9.17) is 16.3 Å². The van der Waals surface area contributed by atoms with Crippen LogP contribution in [0.4, 0.5) is 0 Å². The van der Waals surface area contributed by atoms with Crippen LogP contribution in [-0.4, -0.2) is 51.9 Å². The highest BCUT2D eigenvalue weighted by atomic mass is 35.5. The summed E-state index contributed by atoms with van der Waals surface area (Å²) in [6, 6.07) is 6.71. The lowest BCUT2D eigenvalue weighted by Gasteiger charge is -2.34. The molecule has 1 aromatic carbocycles. The predicted octanol–water partition coefficient (Wildman–Crippen LogP) is 4.28. The average molecular weight is 540 g/mol. The molecular weight excluding hydrogens is 502 g/mol. The van der Waals surface area contributed by atoms with Crippen LogP contribution in [0.3, 0.4) is 0 Å². The van der Waals surface area contributed by atoms with Gasteiger partial charge in [-0.1, -0.05) is 74.4 Å². The topological polar surface area (TPSA) is 87.7 Å². The number of halogens is 1. The molecular formula is C30H38ClN3O4. The first-order chi connectivity index (χ1) is 18.3. The van der Waals surface area contributed by atoms with Crippen LogP contribution in [0.2, 0.25) is 5.02 Å². The van der Waals surface area contributed by atoms with Crippen molar-refractivity contribution in [3.63, 3.8) is 0 Å². The van der Waals surface area contributed by atoms with Crippen LogP contribution in [0.5, 0.6) is 0 Å². The van der Waals surface area contributed by atoms with Gasteiger partial charge >= 0.3 is 0 Å². The van der Waals surface area contributed by atoms with Crippen molar-refractivity contribution in [2.24, 2.45) is 11.8 Å². The summed E-state index contributed by atoms with van der Waals surface area (Å²) in [5, 5.41) is 7.10. The van der Waals surface area contributed by atoms with Gasteiger partial charge in [0.2, 0.25) is 17.7 Å². The van der Waals surface area contributed by atoms with E-state index in [0.29, 0.717) is 5.02 Å². The molecule has 3 heterocycles. The van der Waals surface area contributed by atoms with E-state index in [1.807, 2.05) is 31.2 Å². The largest absolute Gasteiger partial charge is 0.356 e. The molecule has 1 spiro atoms. The molecule has 5 aliphatic rings. The summed E-state index contributed by atoms with van der Waals surface area (Å²) in [5.74, 6) is -1.94. The molecule has 2 saturated heterocycles. The van der Waals surface area contributed by atoms with Gasteiger partial charge in [0, 0.05) is 23.7 Å². The fourth-order valence-electron chi connectivity index (χ4n) is 7.65. The number of amides is 3. The standard InChI is InChI=1S/C30H38ClN3O4/c1-29-16-17-30(38-29)24(23(29)26(35)32-21-8-4-2-5-9-21)28(37)34(18-19-12-14-20(31)15-13-19)25(30)27(36)33-22-10-6-3-7-11-22/h12-17,21-25H,2-11,18H2,1H3,(H,32,35)(H,33,36)/t23-,24+,25+,29+,30-/m1/s1. The molecule has 0 radical (unpaired) electrons. The molecule has 0 unspecified atom stereocenters. The molecule has 3 aliphatic heterocycles. The maximum atomic E-state index is 14.2. The predicted molar refractivity (Wildman–Crippen MR) is 144 cm³/mol. The van der Waals surface area contributed by atoms with Gasteiger partial charge in [-0.3, -0.25) is 14.4 Å². The van der Waals surface area contributed by atoms with Crippen molar-refractivity contribution in [2.45, 2.75) is 107 Å². The van der Waals surface area contributed by atoms with Crippen molar-refractivity contribution >= 4 is 29.3 Å². The van der Waals surface area contributed by atoms with E-state index >= 15 is 0 Å². The maximum absolute atomic E-state index is 14.2. The van der Waals surface area contributed by atoms with Crippen LogP contribution in [-0.2, 0) is 25.7 Å². The molecule has 2 N–H and O–H groups in total. The molecule has 8 heteroatoms. The summed E-state index contributed by atoms with van der Waals surface area (Å²) in [6.45, 7) is 2.14. The summed E-state index contributed by atoms with van der Waals surface area (Å²) in [4.78, 5) is 43.6. The Bertz CT molecular complexity index is 1130. The first kappa shape index (κ1) is 25.9. The second-order valence-corrected chi connectivity index (χ2v) is 12.5. The highest BCUT2D eigenvalue weighted by Gasteiger charge is 2.76. The Morgan fingerprint density at radius 2 is 1.50 bits per heavy atom. The van der Waals surface area contributed by atoms with Gasteiger partial charge in [-0.15, -0.1) is 0 Å². The average Bonchev–Trinajstić information content (AvgIpc) is 3.47.